The zero-order chi connectivity index (χ0) is 18.0. The second kappa shape index (κ2) is 11.0. The number of unbranched alkanes of at least 4 members (excludes halogenated alkanes) is 3. The van der Waals surface area contributed by atoms with Gasteiger partial charge in [-0.05, 0) is 0 Å². The van der Waals surface area contributed by atoms with E-state index in [0.717, 1.165) is 0 Å². The van der Waals surface area contributed by atoms with E-state index in [1.165, 1.54) is 63.0 Å². The summed E-state index contributed by atoms with van der Waals surface area (Å²) < 4.78 is 6.19. The molecule has 0 aliphatic heterocycles. The van der Waals surface area contributed by atoms with Crippen LogP contribution in [-0.4, -0.2) is 23.4 Å². The van der Waals surface area contributed by atoms with Crippen LogP contribution in [-0.2, 0) is 0 Å². The van der Waals surface area contributed by atoms with Crippen molar-refractivity contribution in [2.45, 2.75) is 72.6 Å². The summed E-state index contributed by atoms with van der Waals surface area (Å²) in [6, 6.07) is 13.3. The third-order valence-corrected chi connectivity index (χ3v) is 21.0. The van der Waals surface area contributed by atoms with Crippen molar-refractivity contribution in [3.63, 3.8) is 0 Å². The Morgan fingerprint density at radius 2 is 1.28 bits per heavy atom. The van der Waals surface area contributed by atoms with Crippen molar-refractivity contribution >= 4 is 22.0 Å². The molecule has 0 fully saturated rings. The van der Waals surface area contributed by atoms with Gasteiger partial charge in [0.1, 0.15) is 0 Å². The van der Waals surface area contributed by atoms with Crippen LogP contribution in [0.2, 0.25) is 13.3 Å². The maximum atomic E-state index is 4.70. The molecule has 0 unspecified atom stereocenters. The second-order valence-corrected chi connectivity index (χ2v) is 20.7. The minimum absolute atomic E-state index is 1.30. The molecule has 0 N–H and O–H groups in total. The first-order chi connectivity index (χ1) is 12.3. The van der Waals surface area contributed by atoms with Gasteiger partial charge in [0.15, 0.2) is 0 Å². The summed E-state index contributed by atoms with van der Waals surface area (Å²) in [7, 11) is 0. The zero-order valence-corrected chi connectivity index (χ0v) is 19.3. The Morgan fingerprint density at radius 3 is 1.80 bits per heavy atom. The van der Waals surface area contributed by atoms with Gasteiger partial charge < -0.3 is 0 Å². The van der Waals surface area contributed by atoms with Crippen molar-refractivity contribution in [3.8, 4) is 11.1 Å². The summed E-state index contributed by atoms with van der Waals surface area (Å²) >= 11 is -2.37. The zero-order valence-electron chi connectivity index (χ0n) is 16.4. The Balaban J connectivity index is 2.40. The van der Waals surface area contributed by atoms with Crippen molar-refractivity contribution in [2.75, 3.05) is 0 Å². The van der Waals surface area contributed by atoms with Crippen molar-refractivity contribution in [1.82, 2.24) is 4.98 Å². The van der Waals surface area contributed by atoms with E-state index in [1.54, 1.807) is 3.58 Å². The Kier molecular flexibility index (Phi) is 9.01. The van der Waals surface area contributed by atoms with Crippen LogP contribution in [0.1, 0.15) is 59.3 Å². The molecule has 2 rings (SSSR count). The van der Waals surface area contributed by atoms with Crippen molar-refractivity contribution in [2.24, 2.45) is 0 Å². The van der Waals surface area contributed by atoms with E-state index >= 15 is 0 Å². The van der Waals surface area contributed by atoms with Crippen LogP contribution in [0.15, 0.2) is 48.8 Å². The van der Waals surface area contributed by atoms with Crippen LogP contribution in [0, 0.1) is 0 Å². The number of hydrogen-bond donors (Lipinski definition) is 0. The molecule has 0 bridgehead atoms. The molecule has 0 aliphatic carbocycles. The molecule has 1 aromatic carbocycles. The van der Waals surface area contributed by atoms with E-state index in [4.69, 9.17) is 4.98 Å². The maximum absolute atomic E-state index is 4.70. The second-order valence-electron chi connectivity index (χ2n) is 7.42. The quantitative estimate of drug-likeness (QED) is 0.347. The third kappa shape index (κ3) is 5.84. The van der Waals surface area contributed by atoms with Crippen LogP contribution in [0.4, 0.5) is 0 Å². The average molecular weight is 444 g/mol. The standard InChI is InChI=1S/C11H8N.3C4H9.Sn/c1-2-5-10(6-3-1)11-7-4-8-12-9-11;3*1-3-4-2;/h1-3,5-9H;3*1,3-4H2,2H3;. The predicted molar refractivity (Wildman–Crippen MR) is 114 cm³/mol. The Bertz CT molecular complexity index is 587. The summed E-state index contributed by atoms with van der Waals surface area (Å²) in [5, 5.41) is 0. The fourth-order valence-corrected chi connectivity index (χ4v) is 19.6. The molecule has 1 aromatic heterocycles. The summed E-state index contributed by atoms with van der Waals surface area (Å²) in [6.45, 7) is 7.03. The molecular formula is C23H35NSn. The fourth-order valence-electron chi connectivity index (χ4n) is 3.87. The van der Waals surface area contributed by atoms with Gasteiger partial charge in [-0.1, -0.05) is 0 Å². The molecule has 136 valence electrons. The van der Waals surface area contributed by atoms with Gasteiger partial charge in [-0.2, -0.15) is 0 Å². The molecule has 0 spiro atoms. The van der Waals surface area contributed by atoms with Gasteiger partial charge in [0.2, 0.25) is 0 Å². The fraction of sp³-hybridized carbons (Fsp3) is 0.522. The molecule has 0 aliphatic rings. The predicted octanol–water partition coefficient (Wildman–Crippen LogP) is 6.80. The summed E-state index contributed by atoms with van der Waals surface area (Å²) in [5.41, 5.74) is 2.61. The Morgan fingerprint density at radius 1 is 0.720 bits per heavy atom. The van der Waals surface area contributed by atoms with Crippen molar-refractivity contribution in [1.29, 1.82) is 0 Å². The van der Waals surface area contributed by atoms with Crippen LogP contribution in [0.3, 0.4) is 0 Å². The van der Waals surface area contributed by atoms with Gasteiger partial charge in [0, 0.05) is 0 Å². The van der Waals surface area contributed by atoms with E-state index in [9.17, 15) is 0 Å². The molecule has 2 aromatic rings. The van der Waals surface area contributed by atoms with E-state index in [-0.39, 0.29) is 0 Å². The number of pyridine rings is 1. The van der Waals surface area contributed by atoms with Crippen molar-refractivity contribution in [3.05, 3.63) is 48.8 Å². The van der Waals surface area contributed by atoms with E-state index < -0.39 is 18.4 Å². The van der Waals surface area contributed by atoms with Crippen LogP contribution >= 0.6 is 0 Å². The number of benzene rings is 1. The molecule has 0 saturated carbocycles. The van der Waals surface area contributed by atoms with Crippen LogP contribution in [0.25, 0.3) is 11.1 Å². The topological polar surface area (TPSA) is 12.9 Å². The molecule has 0 saturated heterocycles. The SMILES string of the molecule is CCC[CH2][Sn]([CH2]CCC)([CH2]CCC)[c]1cncc(-c2ccccc2)c1. The number of aromatic nitrogens is 1. The van der Waals surface area contributed by atoms with E-state index in [2.05, 4.69) is 69.6 Å². The number of rotatable bonds is 11. The summed E-state index contributed by atoms with van der Waals surface area (Å²) in [5.74, 6) is 0. The molecule has 0 atom stereocenters. The molecule has 1 nitrogen and oxygen atoms in total. The first-order valence-corrected chi connectivity index (χ1v) is 17.7. The molecule has 0 radical (unpaired) electrons. The van der Waals surface area contributed by atoms with Crippen LogP contribution in [0.5, 0.6) is 0 Å². The number of hydrogen-bond acceptors (Lipinski definition) is 1. The van der Waals surface area contributed by atoms with Gasteiger partial charge in [-0.15, -0.1) is 0 Å². The Hall–Kier alpha value is -0.831. The normalized spacial score (nSPS) is 11.6. The van der Waals surface area contributed by atoms with E-state index in [1.807, 2.05) is 0 Å². The van der Waals surface area contributed by atoms with E-state index in [0.29, 0.717) is 0 Å². The molecular weight excluding hydrogens is 409 g/mol. The number of nitrogens with zero attached hydrogens (tertiary/aromatic N) is 1. The monoisotopic (exact) mass is 445 g/mol. The molecule has 25 heavy (non-hydrogen) atoms. The van der Waals surface area contributed by atoms with Gasteiger partial charge >= 0.3 is 159 Å². The van der Waals surface area contributed by atoms with Gasteiger partial charge in [-0.3, -0.25) is 0 Å². The van der Waals surface area contributed by atoms with Crippen molar-refractivity contribution < 1.29 is 0 Å². The van der Waals surface area contributed by atoms with Gasteiger partial charge in [0.25, 0.3) is 0 Å². The van der Waals surface area contributed by atoms with Crippen LogP contribution < -0.4 is 3.58 Å². The first kappa shape index (κ1) is 20.5. The average Bonchev–Trinajstić information content (AvgIpc) is 2.68. The molecule has 2 heteroatoms. The molecule has 0 amide bonds. The third-order valence-electron chi connectivity index (χ3n) is 5.48. The van der Waals surface area contributed by atoms with Gasteiger partial charge in [0.05, 0.1) is 0 Å². The summed E-state index contributed by atoms with van der Waals surface area (Å²) in [6.07, 6.45) is 12.5. The minimum atomic E-state index is -2.37. The van der Waals surface area contributed by atoms with Gasteiger partial charge in [-0.25, -0.2) is 0 Å². The Labute approximate surface area is 159 Å². The molecule has 1 heterocycles. The summed E-state index contributed by atoms with van der Waals surface area (Å²) in [4.78, 5) is 4.70. The first-order valence-electron chi connectivity index (χ1n) is 10.3.